The molecule has 0 spiro atoms. The Morgan fingerprint density at radius 2 is 1.38 bits per heavy atom. The first kappa shape index (κ1) is 38.3. The number of allylic oxidation sites excluding steroid dienone is 8. The number of rotatable bonds is 8. The van der Waals surface area contributed by atoms with E-state index >= 15 is 0 Å². The molecule has 0 saturated heterocycles. The maximum atomic E-state index is 9.49. The quantitative estimate of drug-likeness (QED) is 0.156. The van der Waals surface area contributed by atoms with Crippen molar-refractivity contribution in [1.82, 2.24) is 5.32 Å². The number of hydrogen-bond acceptors (Lipinski definition) is 4. The van der Waals surface area contributed by atoms with Crippen LogP contribution in [0.25, 0.3) is 60.5 Å². The first-order chi connectivity index (χ1) is 31.1. The minimum absolute atomic E-state index is 0.0399. The molecule has 302 valence electrons. The maximum absolute atomic E-state index is 9.49. The van der Waals surface area contributed by atoms with Gasteiger partial charge in [-0.25, -0.2) is 0 Å². The number of hydrogen-bond donors (Lipinski definition) is 1. The highest BCUT2D eigenvalue weighted by atomic mass is 16.3. The second kappa shape index (κ2) is 16.4. The number of benzene rings is 7. The zero-order chi connectivity index (χ0) is 42.3. The molecule has 1 N–H and O–H groups in total. The van der Waals surface area contributed by atoms with Crippen LogP contribution in [0.1, 0.15) is 70.8 Å². The molecule has 4 heteroatoms. The summed E-state index contributed by atoms with van der Waals surface area (Å²) in [6.07, 6.45) is 20.6. The van der Waals surface area contributed by atoms with E-state index in [1.165, 1.54) is 22.3 Å². The van der Waals surface area contributed by atoms with Crippen LogP contribution in [0, 0.1) is 17.2 Å². The Hall–Kier alpha value is -7.58. The van der Waals surface area contributed by atoms with Gasteiger partial charge in [-0.2, -0.15) is 5.26 Å². The van der Waals surface area contributed by atoms with E-state index in [1.807, 2.05) is 24.3 Å². The molecule has 0 saturated carbocycles. The molecule has 0 radical (unpaired) electrons. The average Bonchev–Trinajstić information content (AvgIpc) is 3.76. The molecule has 4 nitrogen and oxygen atoms in total. The van der Waals surface area contributed by atoms with Crippen LogP contribution in [-0.2, 0) is 0 Å². The topological polar surface area (TPSA) is 61.3 Å². The Morgan fingerprint density at radius 3 is 2.11 bits per heavy atom. The summed E-state index contributed by atoms with van der Waals surface area (Å²) in [6.45, 7) is 4.39. The van der Waals surface area contributed by atoms with Gasteiger partial charge < -0.3 is 4.42 Å². The van der Waals surface area contributed by atoms with E-state index in [9.17, 15) is 5.26 Å². The minimum Gasteiger partial charge on any atom is -0.455 e. The fourth-order valence-electron chi connectivity index (χ4n) is 9.82. The van der Waals surface area contributed by atoms with Gasteiger partial charge in [-0.1, -0.05) is 170 Å². The van der Waals surface area contributed by atoms with Gasteiger partial charge in [0.25, 0.3) is 0 Å². The third kappa shape index (κ3) is 7.07. The van der Waals surface area contributed by atoms with E-state index in [0.717, 1.165) is 91.1 Å². The van der Waals surface area contributed by atoms with Gasteiger partial charge in [0.05, 0.1) is 17.3 Å². The number of furan rings is 1. The van der Waals surface area contributed by atoms with Crippen LogP contribution in [0.5, 0.6) is 0 Å². The molecule has 63 heavy (non-hydrogen) atoms. The summed E-state index contributed by atoms with van der Waals surface area (Å²) in [4.78, 5) is 5.50. The van der Waals surface area contributed by atoms with E-state index in [-0.39, 0.29) is 18.1 Å². The van der Waals surface area contributed by atoms with Crippen LogP contribution in [0.4, 0.5) is 0 Å². The summed E-state index contributed by atoms with van der Waals surface area (Å²) in [5.74, 6) is 0.321. The van der Waals surface area contributed by atoms with E-state index in [0.29, 0.717) is 11.5 Å². The van der Waals surface area contributed by atoms with Crippen LogP contribution in [-0.4, -0.2) is 5.71 Å². The van der Waals surface area contributed by atoms with Crippen molar-refractivity contribution in [1.29, 1.82) is 5.26 Å². The Bertz CT molecular complexity index is 3240. The summed E-state index contributed by atoms with van der Waals surface area (Å²) in [6, 6.07) is 54.0. The molecule has 2 heterocycles. The van der Waals surface area contributed by atoms with Gasteiger partial charge in [-0.05, 0) is 105 Å². The summed E-state index contributed by atoms with van der Waals surface area (Å²) in [5, 5.41) is 17.8. The number of nitrogens with one attached hydrogen (secondary N) is 1. The Labute approximate surface area is 368 Å². The zero-order valence-corrected chi connectivity index (χ0v) is 34.9. The summed E-state index contributed by atoms with van der Waals surface area (Å²) in [5.41, 5.74) is 15.0. The standard InChI is InChI=1S/C59H45N3O/c1-2-48-56(45-30-24-41(25-31-45)39-12-5-3-6-13-39)61-59(47-34-26-42(27-35-47)40-14-7-4-8-15-40)62-57(48)46-32-28-43(29-33-46)49-18-11-19-54-55(49)53-36-52(44-22-20-38(37-60)21-23-44)50-16-9-10-17-51(50)58(53)63-54/h2,4-5,7-14,16-36,40,48,56,59,61H,1,3,6,15H2. The molecule has 1 aromatic heterocycles. The van der Waals surface area contributed by atoms with Crippen LogP contribution >= 0.6 is 0 Å². The third-order valence-electron chi connectivity index (χ3n) is 13.1. The second-order valence-corrected chi connectivity index (χ2v) is 16.8. The van der Waals surface area contributed by atoms with Crippen molar-refractivity contribution in [3.8, 4) is 28.3 Å². The van der Waals surface area contributed by atoms with Crippen LogP contribution < -0.4 is 5.32 Å². The monoisotopic (exact) mass is 811 g/mol. The summed E-state index contributed by atoms with van der Waals surface area (Å²) < 4.78 is 6.70. The lowest BCUT2D eigenvalue weighted by Gasteiger charge is -2.36. The van der Waals surface area contributed by atoms with Gasteiger partial charge in [0.2, 0.25) is 0 Å². The van der Waals surface area contributed by atoms with E-state index in [4.69, 9.17) is 9.41 Å². The summed E-state index contributed by atoms with van der Waals surface area (Å²) in [7, 11) is 0. The highest BCUT2D eigenvalue weighted by molar-refractivity contribution is 6.22. The van der Waals surface area contributed by atoms with Crippen LogP contribution in [0.15, 0.2) is 210 Å². The van der Waals surface area contributed by atoms with Crippen molar-refractivity contribution in [3.05, 3.63) is 234 Å². The molecule has 2 aliphatic carbocycles. The second-order valence-electron chi connectivity index (χ2n) is 16.8. The van der Waals surface area contributed by atoms with Crippen molar-refractivity contribution in [3.63, 3.8) is 0 Å². The molecule has 7 aromatic carbocycles. The fourth-order valence-corrected chi connectivity index (χ4v) is 9.82. The van der Waals surface area contributed by atoms with Crippen molar-refractivity contribution in [2.75, 3.05) is 0 Å². The molecule has 3 aliphatic rings. The zero-order valence-electron chi connectivity index (χ0n) is 34.9. The Balaban J connectivity index is 0.989. The van der Waals surface area contributed by atoms with Gasteiger partial charge in [-0.15, -0.1) is 6.58 Å². The lowest BCUT2D eigenvalue weighted by Crippen LogP contribution is -2.39. The van der Waals surface area contributed by atoms with Gasteiger partial charge in [0.15, 0.2) is 0 Å². The first-order valence-corrected chi connectivity index (χ1v) is 22.0. The molecule has 8 aromatic rings. The molecule has 11 rings (SSSR count). The third-order valence-corrected chi connectivity index (χ3v) is 13.1. The molecule has 0 amide bonds. The van der Waals surface area contributed by atoms with Gasteiger partial charge >= 0.3 is 0 Å². The molecular weight excluding hydrogens is 767 g/mol. The number of aliphatic imine (C=N–C) groups is 1. The highest BCUT2D eigenvalue weighted by Gasteiger charge is 2.34. The molecule has 4 unspecified atom stereocenters. The van der Waals surface area contributed by atoms with E-state index in [1.54, 1.807) is 0 Å². The fraction of sp³-hybridized carbons (Fsp3) is 0.119. The van der Waals surface area contributed by atoms with E-state index < -0.39 is 0 Å². The average molecular weight is 812 g/mol. The van der Waals surface area contributed by atoms with Crippen molar-refractivity contribution >= 4 is 44.0 Å². The lowest BCUT2D eigenvalue weighted by atomic mass is 9.82. The van der Waals surface area contributed by atoms with Crippen molar-refractivity contribution < 1.29 is 4.42 Å². The van der Waals surface area contributed by atoms with Crippen LogP contribution in [0.3, 0.4) is 0 Å². The molecule has 4 atom stereocenters. The highest BCUT2D eigenvalue weighted by Crippen LogP contribution is 2.44. The largest absolute Gasteiger partial charge is 0.455 e. The number of nitriles is 1. The minimum atomic E-state index is -0.244. The predicted molar refractivity (Wildman–Crippen MR) is 261 cm³/mol. The molecule has 0 fully saturated rings. The number of fused-ring (bicyclic) bond motifs is 5. The molecule has 1 aliphatic heterocycles. The van der Waals surface area contributed by atoms with Crippen molar-refractivity contribution in [2.24, 2.45) is 10.9 Å². The molecule has 0 bridgehead atoms. The van der Waals surface area contributed by atoms with Gasteiger partial charge in [-0.3, -0.25) is 10.3 Å². The van der Waals surface area contributed by atoms with Crippen molar-refractivity contribution in [2.45, 2.75) is 37.4 Å². The smallest absolute Gasteiger partial charge is 0.143 e. The van der Waals surface area contributed by atoms with Gasteiger partial charge in [0, 0.05) is 34.0 Å². The molecular formula is C59H45N3O. The van der Waals surface area contributed by atoms with Gasteiger partial charge in [0.1, 0.15) is 17.3 Å². The SMILES string of the molecule is C=CC1C(c2ccc(-c3cccc4oc5c6ccccc6c(-c6ccc(C#N)cc6)cc5c34)cc2)=NC(c2ccc(C3C=CC=CC3)cc2)NC1c1ccc(C2=CCCC=C2)cc1. The Morgan fingerprint density at radius 1 is 0.667 bits per heavy atom. The normalized spacial score (nSPS) is 19.5. The number of nitrogens with zero attached hydrogens (tertiary/aromatic N) is 2. The Kier molecular flexibility index (Phi) is 9.96. The first-order valence-electron chi connectivity index (χ1n) is 22.0. The van der Waals surface area contributed by atoms with Crippen LogP contribution in [0.2, 0.25) is 0 Å². The summed E-state index contributed by atoms with van der Waals surface area (Å²) >= 11 is 0. The lowest BCUT2D eigenvalue weighted by molar-refractivity contribution is 0.399. The maximum Gasteiger partial charge on any atom is 0.143 e. The van der Waals surface area contributed by atoms with E-state index in [2.05, 4.69) is 188 Å². The predicted octanol–water partition coefficient (Wildman–Crippen LogP) is 14.9.